The monoisotopic (exact) mass is 234 g/mol. The van der Waals surface area contributed by atoms with Gasteiger partial charge in [-0.2, -0.15) is 0 Å². The van der Waals surface area contributed by atoms with Gasteiger partial charge < -0.3 is 0 Å². The van der Waals surface area contributed by atoms with Crippen molar-refractivity contribution < 1.29 is 8.42 Å². The molecule has 0 bridgehead atoms. The van der Waals surface area contributed by atoms with Crippen molar-refractivity contribution in [3.8, 4) is 0 Å². The van der Waals surface area contributed by atoms with Gasteiger partial charge in [-0.25, -0.2) is 8.42 Å². The lowest BCUT2D eigenvalue weighted by Crippen LogP contribution is -2.23. The summed E-state index contributed by atoms with van der Waals surface area (Å²) in [4.78, 5) is 0. The second-order valence-electron chi connectivity index (χ2n) is 6.04. The van der Waals surface area contributed by atoms with E-state index in [1.165, 1.54) is 0 Å². The molecule has 0 heterocycles. The van der Waals surface area contributed by atoms with Gasteiger partial charge in [0.1, 0.15) is 0 Å². The molecule has 0 saturated carbocycles. The van der Waals surface area contributed by atoms with Crippen molar-refractivity contribution in [3.05, 3.63) is 0 Å². The zero-order valence-electron chi connectivity index (χ0n) is 10.8. The molecule has 0 fully saturated rings. The van der Waals surface area contributed by atoms with Gasteiger partial charge in [0.15, 0.2) is 9.84 Å². The fraction of sp³-hybridized carbons (Fsp3) is 1.00. The maximum Gasteiger partial charge on any atom is 0.150 e. The summed E-state index contributed by atoms with van der Waals surface area (Å²) in [5.74, 6) is 1.34. The van der Waals surface area contributed by atoms with E-state index < -0.39 is 9.84 Å². The summed E-state index contributed by atoms with van der Waals surface area (Å²) in [6.45, 7) is 10.3. The molecule has 0 aromatic rings. The zero-order chi connectivity index (χ0) is 12.1. The summed E-state index contributed by atoms with van der Waals surface area (Å²) >= 11 is 0. The third-order valence-corrected chi connectivity index (χ3v) is 4.36. The Labute approximate surface area is 95.4 Å². The molecular formula is C12H26O2S. The Morgan fingerprint density at radius 1 is 1.07 bits per heavy atom. The normalized spacial score (nSPS) is 13.5. The van der Waals surface area contributed by atoms with Crippen molar-refractivity contribution in [2.75, 3.05) is 11.5 Å². The molecule has 0 aliphatic carbocycles. The number of sulfone groups is 1. The van der Waals surface area contributed by atoms with Crippen LogP contribution in [0.3, 0.4) is 0 Å². The molecular weight excluding hydrogens is 208 g/mol. The number of hydrogen-bond donors (Lipinski definition) is 0. The van der Waals surface area contributed by atoms with Gasteiger partial charge in [-0.15, -0.1) is 0 Å². The molecule has 0 radical (unpaired) electrons. The Bertz CT molecular complexity index is 258. The second-order valence-corrected chi connectivity index (χ2v) is 8.23. The smallest absolute Gasteiger partial charge is 0.150 e. The zero-order valence-corrected chi connectivity index (χ0v) is 11.7. The van der Waals surface area contributed by atoms with Crippen LogP contribution in [0.15, 0.2) is 0 Å². The largest absolute Gasteiger partial charge is 0.229 e. The predicted molar refractivity (Wildman–Crippen MR) is 66.8 cm³/mol. The van der Waals surface area contributed by atoms with E-state index in [1.807, 2.05) is 20.8 Å². The lowest BCUT2D eigenvalue weighted by atomic mass is 10.0. The molecule has 2 nitrogen and oxygen atoms in total. The van der Waals surface area contributed by atoms with Crippen LogP contribution in [0.5, 0.6) is 0 Å². The maximum absolute atomic E-state index is 11.7. The van der Waals surface area contributed by atoms with Crippen LogP contribution in [-0.2, 0) is 9.84 Å². The molecule has 0 aliphatic rings. The molecule has 0 spiro atoms. The van der Waals surface area contributed by atoms with E-state index >= 15 is 0 Å². The first-order valence-electron chi connectivity index (χ1n) is 5.83. The summed E-state index contributed by atoms with van der Waals surface area (Å²) in [7, 11) is -2.84. The van der Waals surface area contributed by atoms with Gasteiger partial charge in [-0.1, -0.05) is 47.5 Å². The first-order valence-corrected chi connectivity index (χ1v) is 7.65. The van der Waals surface area contributed by atoms with E-state index in [9.17, 15) is 8.42 Å². The highest BCUT2D eigenvalue weighted by atomic mass is 32.2. The minimum atomic E-state index is -2.84. The minimum absolute atomic E-state index is 0.114. The third-order valence-electron chi connectivity index (χ3n) is 2.14. The van der Waals surface area contributed by atoms with Gasteiger partial charge >= 0.3 is 0 Å². The predicted octanol–water partition coefficient (Wildman–Crippen LogP) is 3.27. The molecule has 15 heavy (non-hydrogen) atoms. The molecule has 0 unspecified atom stereocenters. The molecule has 0 aromatic carbocycles. The van der Waals surface area contributed by atoms with Crippen molar-refractivity contribution in [1.82, 2.24) is 0 Å². The number of unbranched alkanes of at least 4 members (excludes halogenated alkanes) is 1. The van der Waals surface area contributed by atoms with E-state index in [1.54, 1.807) is 0 Å². The van der Waals surface area contributed by atoms with Crippen LogP contribution in [-0.4, -0.2) is 19.9 Å². The molecule has 0 N–H and O–H groups in total. The maximum atomic E-state index is 11.7. The first kappa shape index (κ1) is 14.9. The first-order chi connectivity index (χ1) is 6.62. The summed E-state index contributed by atoms with van der Waals surface area (Å²) in [5.41, 5.74) is -0.114. The van der Waals surface area contributed by atoms with Gasteiger partial charge in [0.2, 0.25) is 0 Å². The topological polar surface area (TPSA) is 34.1 Å². The molecule has 92 valence electrons. The molecule has 0 aromatic heterocycles. The second kappa shape index (κ2) is 5.88. The van der Waals surface area contributed by atoms with Gasteiger partial charge in [0, 0.05) is 0 Å². The average Bonchev–Trinajstić information content (AvgIpc) is 1.93. The number of hydrogen-bond acceptors (Lipinski definition) is 2. The number of rotatable bonds is 6. The Balaban J connectivity index is 3.86. The van der Waals surface area contributed by atoms with Crippen LogP contribution in [0.1, 0.15) is 53.9 Å². The Hall–Kier alpha value is -0.0500. The summed E-state index contributed by atoms with van der Waals surface area (Å²) in [6.07, 6.45) is 2.97. The summed E-state index contributed by atoms with van der Waals surface area (Å²) < 4.78 is 23.4. The SMILES string of the molecule is CC(C)CCCCS(=O)(=O)CC(C)(C)C. The van der Waals surface area contributed by atoms with Crippen LogP contribution in [0.25, 0.3) is 0 Å². The Morgan fingerprint density at radius 2 is 1.60 bits per heavy atom. The highest BCUT2D eigenvalue weighted by molar-refractivity contribution is 7.91. The fourth-order valence-corrected chi connectivity index (χ4v) is 3.71. The Kier molecular flexibility index (Phi) is 5.86. The van der Waals surface area contributed by atoms with Crippen LogP contribution in [0.2, 0.25) is 0 Å². The standard InChI is InChI=1S/C12H26O2S/c1-11(2)8-6-7-9-15(13,14)10-12(3,4)5/h11H,6-10H2,1-5H3. The highest BCUT2D eigenvalue weighted by Crippen LogP contribution is 2.17. The van der Waals surface area contributed by atoms with E-state index in [0.29, 0.717) is 17.4 Å². The highest BCUT2D eigenvalue weighted by Gasteiger charge is 2.20. The molecule has 0 amide bonds. The van der Waals surface area contributed by atoms with Crippen molar-refractivity contribution in [2.24, 2.45) is 11.3 Å². The summed E-state index contributed by atoms with van der Waals surface area (Å²) in [5, 5.41) is 0. The van der Waals surface area contributed by atoms with Crippen LogP contribution >= 0.6 is 0 Å². The minimum Gasteiger partial charge on any atom is -0.229 e. The van der Waals surface area contributed by atoms with Gasteiger partial charge in [0.25, 0.3) is 0 Å². The van der Waals surface area contributed by atoms with Crippen molar-refractivity contribution >= 4 is 9.84 Å². The average molecular weight is 234 g/mol. The molecule has 3 heteroatoms. The van der Waals surface area contributed by atoms with Gasteiger partial charge in [-0.3, -0.25) is 0 Å². The van der Waals surface area contributed by atoms with Crippen LogP contribution < -0.4 is 0 Å². The molecule has 0 rings (SSSR count). The van der Waals surface area contributed by atoms with Gasteiger partial charge in [-0.05, 0) is 17.8 Å². The molecule has 0 aliphatic heterocycles. The third kappa shape index (κ3) is 10.2. The van der Waals surface area contributed by atoms with Crippen LogP contribution in [0, 0.1) is 11.3 Å². The molecule has 0 atom stereocenters. The Morgan fingerprint density at radius 3 is 2.00 bits per heavy atom. The lowest BCUT2D eigenvalue weighted by Gasteiger charge is -2.17. The van der Waals surface area contributed by atoms with E-state index in [4.69, 9.17) is 0 Å². The van der Waals surface area contributed by atoms with E-state index in [-0.39, 0.29) is 5.41 Å². The fourth-order valence-electron chi connectivity index (χ4n) is 1.61. The molecule has 0 saturated heterocycles. The lowest BCUT2D eigenvalue weighted by molar-refractivity contribution is 0.460. The van der Waals surface area contributed by atoms with Crippen molar-refractivity contribution in [1.29, 1.82) is 0 Å². The summed E-state index contributed by atoms with van der Waals surface area (Å²) in [6, 6.07) is 0. The van der Waals surface area contributed by atoms with E-state index in [0.717, 1.165) is 19.3 Å². The quantitative estimate of drug-likeness (QED) is 0.661. The van der Waals surface area contributed by atoms with Gasteiger partial charge in [0.05, 0.1) is 11.5 Å². The van der Waals surface area contributed by atoms with Crippen molar-refractivity contribution in [2.45, 2.75) is 53.9 Å². The van der Waals surface area contributed by atoms with E-state index in [2.05, 4.69) is 13.8 Å². The van der Waals surface area contributed by atoms with Crippen LogP contribution in [0.4, 0.5) is 0 Å². The van der Waals surface area contributed by atoms with Crippen molar-refractivity contribution in [3.63, 3.8) is 0 Å².